The largest absolute Gasteiger partial charge is 0.375 e. The summed E-state index contributed by atoms with van der Waals surface area (Å²) in [5.41, 5.74) is 1.30. The molecule has 0 saturated carbocycles. The lowest BCUT2D eigenvalue weighted by Crippen LogP contribution is -2.25. The van der Waals surface area contributed by atoms with Crippen molar-refractivity contribution in [3.05, 3.63) is 30.3 Å². The average molecular weight is 220 g/mol. The fourth-order valence-corrected chi connectivity index (χ4v) is 1.64. The topological polar surface area (TPSA) is 15.3 Å². The molecule has 0 saturated heterocycles. The standard InChI is InChI=1S/C14H24N2/c1-13(2)12-15-10-7-11-16(3)14-8-5-4-6-9-14/h4-6,8-9,13,15H,7,10-12H2,1-3H3. The third-order valence-electron chi connectivity index (χ3n) is 2.60. The molecule has 0 fully saturated rings. The number of para-hydroxylation sites is 1. The molecule has 0 amide bonds. The zero-order valence-electron chi connectivity index (χ0n) is 10.7. The number of nitrogens with zero attached hydrogens (tertiary/aromatic N) is 1. The van der Waals surface area contributed by atoms with Crippen LogP contribution in [0.3, 0.4) is 0 Å². The molecule has 90 valence electrons. The van der Waals surface area contributed by atoms with Gasteiger partial charge in [-0.05, 0) is 37.6 Å². The van der Waals surface area contributed by atoms with E-state index in [-0.39, 0.29) is 0 Å². The van der Waals surface area contributed by atoms with Gasteiger partial charge in [0.05, 0.1) is 0 Å². The lowest BCUT2D eigenvalue weighted by atomic mass is 10.2. The van der Waals surface area contributed by atoms with E-state index in [1.165, 1.54) is 12.1 Å². The van der Waals surface area contributed by atoms with Crippen molar-refractivity contribution in [1.29, 1.82) is 0 Å². The van der Waals surface area contributed by atoms with Gasteiger partial charge in [0.25, 0.3) is 0 Å². The maximum Gasteiger partial charge on any atom is 0.0363 e. The second-order valence-corrected chi connectivity index (χ2v) is 4.71. The Morgan fingerprint density at radius 1 is 1.19 bits per heavy atom. The molecular weight excluding hydrogens is 196 g/mol. The van der Waals surface area contributed by atoms with Crippen molar-refractivity contribution in [2.24, 2.45) is 5.92 Å². The minimum absolute atomic E-state index is 0.742. The van der Waals surface area contributed by atoms with Crippen LogP contribution < -0.4 is 10.2 Å². The van der Waals surface area contributed by atoms with Gasteiger partial charge in [0, 0.05) is 19.3 Å². The number of benzene rings is 1. The Morgan fingerprint density at radius 3 is 2.50 bits per heavy atom. The van der Waals surface area contributed by atoms with Crippen LogP contribution in [-0.2, 0) is 0 Å². The zero-order valence-corrected chi connectivity index (χ0v) is 10.7. The number of anilines is 1. The van der Waals surface area contributed by atoms with Gasteiger partial charge in [-0.15, -0.1) is 0 Å². The summed E-state index contributed by atoms with van der Waals surface area (Å²) >= 11 is 0. The Morgan fingerprint density at radius 2 is 1.88 bits per heavy atom. The van der Waals surface area contributed by atoms with E-state index in [1.807, 2.05) is 0 Å². The molecule has 0 unspecified atom stereocenters. The van der Waals surface area contributed by atoms with Crippen molar-refractivity contribution >= 4 is 5.69 Å². The van der Waals surface area contributed by atoms with Gasteiger partial charge in [0.15, 0.2) is 0 Å². The second-order valence-electron chi connectivity index (χ2n) is 4.71. The highest BCUT2D eigenvalue weighted by molar-refractivity contribution is 5.44. The Kier molecular flexibility index (Phi) is 5.94. The van der Waals surface area contributed by atoms with Gasteiger partial charge >= 0.3 is 0 Å². The van der Waals surface area contributed by atoms with Gasteiger partial charge in [-0.3, -0.25) is 0 Å². The molecule has 1 aromatic carbocycles. The van der Waals surface area contributed by atoms with Crippen LogP contribution in [0.1, 0.15) is 20.3 Å². The van der Waals surface area contributed by atoms with Gasteiger partial charge in [-0.1, -0.05) is 32.0 Å². The van der Waals surface area contributed by atoms with E-state index in [0.29, 0.717) is 0 Å². The van der Waals surface area contributed by atoms with Crippen LogP contribution in [0.15, 0.2) is 30.3 Å². The van der Waals surface area contributed by atoms with Crippen LogP contribution in [0.25, 0.3) is 0 Å². The molecule has 0 aliphatic heterocycles. The third kappa shape index (κ3) is 5.17. The number of rotatable bonds is 7. The predicted molar refractivity (Wildman–Crippen MR) is 72.0 cm³/mol. The molecule has 0 atom stereocenters. The molecule has 0 aliphatic rings. The molecule has 0 aromatic heterocycles. The fraction of sp³-hybridized carbons (Fsp3) is 0.571. The molecule has 2 nitrogen and oxygen atoms in total. The van der Waals surface area contributed by atoms with Crippen molar-refractivity contribution in [3.63, 3.8) is 0 Å². The van der Waals surface area contributed by atoms with Gasteiger partial charge in [0.1, 0.15) is 0 Å². The summed E-state index contributed by atoms with van der Waals surface area (Å²) in [5.74, 6) is 0.742. The highest BCUT2D eigenvalue weighted by Gasteiger charge is 1.99. The Balaban J connectivity index is 2.14. The summed E-state index contributed by atoms with van der Waals surface area (Å²) in [6, 6.07) is 10.5. The van der Waals surface area contributed by atoms with E-state index in [2.05, 4.69) is 61.4 Å². The SMILES string of the molecule is CC(C)CNCCCN(C)c1ccccc1. The van der Waals surface area contributed by atoms with Crippen LogP contribution in [0.2, 0.25) is 0 Å². The van der Waals surface area contributed by atoms with Gasteiger partial charge < -0.3 is 10.2 Å². The highest BCUT2D eigenvalue weighted by Crippen LogP contribution is 2.10. The molecule has 2 heteroatoms. The lowest BCUT2D eigenvalue weighted by Gasteiger charge is -2.19. The van der Waals surface area contributed by atoms with E-state index in [4.69, 9.17) is 0 Å². The van der Waals surface area contributed by atoms with Gasteiger partial charge in [0.2, 0.25) is 0 Å². The molecule has 0 heterocycles. The average Bonchev–Trinajstić information content (AvgIpc) is 2.29. The summed E-state index contributed by atoms with van der Waals surface area (Å²) in [7, 11) is 2.15. The number of hydrogen-bond donors (Lipinski definition) is 1. The van der Waals surface area contributed by atoms with Crippen LogP contribution in [0.5, 0.6) is 0 Å². The molecule has 0 bridgehead atoms. The molecule has 0 radical (unpaired) electrons. The maximum atomic E-state index is 3.46. The number of nitrogens with one attached hydrogen (secondary N) is 1. The molecule has 16 heavy (non-hydrogen) atoms. The minimum Gasteiger partial charge on any atom is -0.375 e. The molecule has 0 aliphatic carbocycles. The smallest absolute Gasteiger partial charge is 0.0363 e. The van der Waals surface area contributed by atoms with Gasteiger partial charge in [-0.25, -0.2) is 0 Å². The molecule has 1 N–H and O–H groups in total. The normalized spacial score (nSPS) is 10.8. The van der Waals surface area contributed by atoms with Crippen molar-refractivity contribution < 1.29 is 0 Å². The first-order chi connectivity index (χ1) is 7.70. The predicted octanol–water partition coefficient (Wildman–Crippen LogP) is 2.76. The summed E-state index contributed by atoms with van der Waals surface area (Å²) < 4.78 is 0. The first-order valence-corrected chi connectivity index (χ1v) is 6.17. The maximum absolute atomic E-state index is 3.46. The summed E-state index contributed by atoms with van der Waals surface area (Å²) in [6.07, 6.45) is 1.19. The summed E-state index contributed by atoms with van der Waals surface area (Å²) in [6.45, 7) is 7.81. The van der Waals surface area contributed by atoms with E-state index >= 15 is 0 Å². The Hall–Kier alpha value is -1.02. The van der Waals surface area contributed by atoms with Gasteiger partial charge in [-0.2, -0.15) is 0 Å². The first-order valence-electron chi connectivity index (χ1n) is 6.17. The molecule has 1 aromatic rings. The molecule has 1 rings (SSSR count). The molecule has 0 spiro atoms. The lowest BCUT2D eigenvalue weighted by molar-refractivity contribution is 0.543. The Labute approximate surface area is 99.7 Å². The van der Waals surface area contributed by atoms with E-state index < -0.39 is 0 Å². The summed E-state index contributed by atoms with van der Waals surface area (Å²) in [5, 5.41) is 3.46. The first kappa shape index (κ1) is 13.0. The number of hydrogen-bond acceptors (Lipinski definition) is 2. The fourth-order valence-electron chi connectivity index (χ4n) is 1.64. The minimum atomic E-state index is 0.742. The van der Waals surface area contributed by atoms with Crippen molar-refractivity contribution in [2.75, 3.05) is 31.6 Å². The van der Waals surface area contributed by atoms with Crippen molar-refractivity contribution in [1.82, 2.24) is 5.32 Å². The third-order valence-corrected chi connectivity index (χ3v) is 2.60. The van der Waals surface area contributed by atoms with Crippen LogP contribution in [0.4, 0.5) is 5.69 Å². The second kappa shape index (κ2) is 7.29. The van der Waals surface area contributed by atoms with Crippen molar-refractivity contribution in [2.45, 2.75) is 20.3 Å². The van der Waals surface area contributed by atoms with Crippen molar-refractivity contribution in [3.8, 4) is 0 Å². The van der Waals surface area contributed by atoms with E-state index in [9.17, 15) is 0 Å². The Bertz CT molecular complexity index is 269. The molecular formula is C14H24N2. The van der Waals surface area contributed by atoms with Crippen LogP contribution >= 0.6 is 0 Å². The van der Waals surface area contributed by atoms with E-state index in [0.717, 1.165) is 25.6 Å². The zero-order chi connectivity index (χ0) is 11.8. The van der Waals surface area contributed by atoms with Crippen LogP contribution in [0, 0.1) is 5.92 Å². The van der Waals surface area contributed by atoms with E-state index in [1.54, 1.807) is 0 Å². The monoisotopic (exact) mass is 220 g/mol. The quantitative estimate of drug-likeness (QED) is 0.711. The summed E-state index contributed by atoms with van der Waals surface area (Å²) in [4.78, 5) is 2.30. The highest BCUT2D eigenvalue weighted by atomic mass is 15.1. The van der Waals surface area contributed by atoms with Crippen LogP contribution in [-0.4, -0.2) is 26.7 Å².